The number of aromatic nitrogens is 5. The summed E-state index contributed by atoms with van der Waals surface area (Å²) >= 11 is 6.25. The molecule has 0 spiro atoms. The van der Waals surface area contributed by atoms with Crippen LogP contribution in [-0.4, -0.2) is 37.8 Å². The molecule has 0 atom stereocenters. The molecule has 0 saturated carbocycles. The van der Waals surface area contributed by atoms with Crippen molar-refractivity contribution in [2.24, 2.45) is 7.05 Å². The molecule has 8 nitrogen and oxygen atoms in total. The number of hydrogen-bond donors (Lipinski definition) is 0. The van der Waals surface area contributed by atoms with Crippen LogP contribution in [0.15, 0.2) is 39.7 Å². The first-order valence-corrected chi connectivity index (χ1v) is 10.3. The normalized spacial score (nSPS) is 11.9. The third kappa shape index (κ3) is 3.19. The molecule has 0 aliphatic rings. The van der Waals surface area contributed by atoms with E-state index in [1.807, 2.05) is 30.7 Å². The molecule has 4 aromatic heterocycles. The maximum Gasteiger partial charge on any atom is 0.348 e. The molecule has 1 aromatic carbocycles. The van der Waals surface area contributed by atoms with Crippen LogP contribution in [-0.2, 0) is 18.3 Å². The Morgan fingerprint density at radius 1 is 1.23 bits per heavy atom. The SMILES string of the molecule is COCCCn1c(=O)nc(-c2cnc3c(c2)nc(C)n3C)c2oc3ccc(Cl)cc3c21. The smallest absolute Gasteiger partial charge is 0.348 e. The van der Waals surface area contributed by atoms with Crippen molar-refractivity contribution in [3.8, 4) is 11.3 Å². The van der Waals surface area contributed by atoms with Crippen LogP contribution < -0.4 is 5.69 Å². The van der Waals surface area contributed by atoms with Crippen molar-refractivity contribution in [1.29, 1.82) is 0 Å². The summed E-state index contributed by atoms with van der Waals surface area (Å²) < 4.78 is 14.9. The topological polar surface area (TPSA) is 88.0 Å². The fourth-order valence-corrected chi connectivity index (χ4v) is 4.05. The number of hydrogen-bond acceptors (Lipinski definition) is 6. The molecule has 0 unspecified atom stereocenters. The summed E-state index contributed by atoms with van der Waals surface area (Å²) in [5.41, 5.74) is 4.06. The second kappa shape index (κ2) is 7.47. The predicted molar refractivity (Wildman–Crippen MR) is 120 cm³/mol. The summed E-state index contributed by atoms with van der Waals surface area (Å²) in [6.45, 7) is 2.90. The number of pyridine rings is 1. The molecule has 0 fully saturated rings. The molecule has 5 rings (SSSR count). The number of benzene rings is 1. The van der Waals surface area contributed by atoms with Gasteiger partial charge in [0.2, 0.25) is 0 Å². The summed E-state index contributed by atoms with van der Waals surface area (Å²) in [5, 5.41) is 1.33. The van der Waals surface area contributed by atoms with Gasteiger partial charge in [-0.15, -0.1) is 0 Å². The summed E-state index contributed by atoms with van der Waals surface area (Å²) in [5.74, 6) is 0.852. The minimum absolute atomic E-state index is 0.362. The maximum absolute atomic E-state index is 13.1. The largest absolute Gasteiger partial charge is 0.452 e. The third-order valence-electron chi connectivity index (χ3n) is 5.48. The maximum atomic E-state index is 13.1. The lowest BCUT2D eigenvalue weighted by atomic mass is 10.1. The van der Waals surface area contributed by atoms with Gasteiger partial charge in [-0.25, -0.2) is 14.8 Å². The van der Waals surface area contributed by atoms with Crippen LogP contribution in [0.1, 0.15) is 12.2 Å². The van der Waals surface area contributed by atoms with Gasteiger partial charge in [0.05, 0.1) is 0 Å². The zero-order valence-corrected chi connectivity index (χ0v) is 18.1. The van der Waals surface area contributed by atoms with Crippen LogP contribution in [0.3, 0.4) is 0 Å². The predicted octanol–water partition coefficient (Wildman–Crippen LogP) is 4.09. The van der Waals surface area contributed by atoms with Gasteiger partial charge in [0.15, 0.2) is 11.2 Å². The first kappa shape index (κ1) is 19.7. The highest BCUT2D eigenvalue weighted by molar-refractivity contribution is 6.31. The monoisotopic (exact) mass is 437 g/mol. The fourth-order valence-electron chi connectivity index (χ4n) is 3.88. The highest BCUT2D eigenvalue weighted by atomic mass is 35.5. The molecule has 0 radical (unpaired) electrons. The standard InChI is InChI=1S/C22H20ClN5O3/c1-12-25-16-9-13(11-24-21(16)27(12)2)18-20-19(15-10-14(23)5-6-17(15)31-20)28(22(29)26-18)7-4-8-30-3/h5-6,9-11H,4,7-8H2,1-3H3. The first-order chi connectivity index (χ1) is 15.0. The Hall–Kier alpha value is -3.23. The molecule has 0 amide bonds. The lowest BCUT2D eigenvalue weighted by Gasteiger charge is -2.09. The van der Waals surface area contributed by atoms with Crippen molar-refractivity contribution >= 4 is 44.8 Å². The Balaban J connectivity index is 1.80. The first-order valence-electron chi connectivity index (χ1n) is 9.89. The Kier molecular flexibility index (Phi) is 4.75. The van der Waals surface area contributed by atoms with E-state index in [0.29, 0.717) is 52.5 Å². The van der Waals surface area contributed by atoms with Gasteiger partial charge in [-0.2, -0.15) is 4.98 Å². The lowest BCUT2D eigenvalue weighted by molar-refractivity contribution is 0.190. The Morgan fingerprint density at radius 2 is 2.06 bits per heavy atom. The van der Waals surface area contributed by atoms with E-state index >= 15 is 0 Å². The number of aryl methyl sites for hydroxylation is 3. The average Bonchev–Trinajstić information content (AvgIpc) is 3.26. The summed E-state index contributed by atoms with van der Waals surface area (Å²) in [6.07, 6.45) is 2.36. The van der Waals surface area contributed by atoms with E-state index in [4.69, 9.17) is 20.8 Å². The second-order valence-electron chi connectivity index (χ2n) is 7.45. The number of fused-ring (bicyclic) bond motifs is 4. The second-order valence-corrected chi connectivity index (χ2v) is 7.88. The van der Waals surface area contributed by atoms with Crippen molar-refractivity contribution in [3.05, 3.63) is 51.8 Å². The Morgan fingerprint density at radius 3 is 2.87 bits per heavy atom. The van der Waals surface area contributed by atoms with Crippen LogP contribution in [0, 0.1) is 6.92 Å². The van der Waals surface area contributed by atoms with Gasteiger partial charge in [-0.05, 0) is 37.6 Å². The molecule has 0 aliphatic carbocycles. The van der Waals surface area contributed by atoms with E-state index in [1.54, 1.807) is 30.0 Å². The zero-order chi connectivity index (χ0) is 21.7. The van der Waals surface area contributed by atoms with Crippen molar-refractivity contribution in [3.63, 3.8) is 0 Å². The number of halogens is 1. The molecule has 158 valence electrons. The quantitative estimate of drug-likeness (QED) is 0.385. The van der Waals surface area contributed by atoms with E-state index in [0.717, 1.165) is 22.4 Å². The molecule has 9 heteroatoms. The van der Waals surface area contributed by atoms with E-state index in [-0.39, 0.29) is 5.69 Å². The molecule has 0 aliphatic heterocycles. The van der Waals surface area contributed by atoms with Crippen LogP contribution in [0.2, 0.25) is 5.02 Å². The molecular formula is C22H20ClN5O3. The number of imidazole rings is 1. The lowest BCUT2D eigenvalue weighted by Crippen LogP contribution is -2.24. The summed E-state index contributed by atoms with van der Waals surface area (Å²) in [7, 11) is 3.55. The molecule has 0 saturated heterocycles. The van der Waals surface area contributed by atoms with E-state index in [1.165, 1.54) is 0 Å². The minimum atomic E-state index is -0.362. The highest BCUT2D eigenvalue weighted by Gasteiger charge is 2.20. The van der Waals surface area contributed by atoms with E-state index in [2.05, 4.69) is 15.0 Å². The fraction of sp³-hybridized carbons (Fsp3) is 0.273. The van der Waals surface area contributed by atoms with Gasteiger partial charge < -0.3 is 13.7 Å². The van der Waals surface area contributed by atoms with Gasteiger partial charge in [-0.1, -0.05) is 11.6 Å². The zero-order valence-electron chi connectivity index (χ0n) is 17.3. The Bertz CT molecular complexity index is 1520. The molecule has 0 bridgehead atoms. The Labute approximate surface area is 182 Å². The van der Waals surface area contributed by atoms with Crippen molar-refractivity contribution in [2.75, 3.05) is 13.7 Å². The molecule has 31 heavy (non-hydrogen) atoms. The van der Waals surface area contributed by atoms with Gasteiger partial charge in [0.25, 0.3) is 0 Å². The van der Waals surface area contributed by atoms with Crippen molar-refractivity contribution < 1.29 is 9.15 Å². The minimum Gasteiger partial charge on any atom is -0.452 e. The summed E-state index contributed by atoms with van der Waals surface area (Å²) in [4.78, 5) is 26.5. The van der Waals surface area contributed by atoms with E-state index in [9.17, 15) is 4.79 Å². The van der Waals surface area contributed by atoms with Gasteiger partial charge in [-0.3, -0.25) is 4.57 Å². The van der Waals surface area contributed by atoms with Crippen molar-refractivity contribution in [1.82, 2.24) is 24.1 Å². The third-order valence-corrected chi connectivity index (χ3v) is 5.72. The number of methoxy groups -OCH3 is 1. The molecule has 4 heterocycles. The highest BCUT2D eigenvalue weighted by Crippen LogP contribution is 2.35. The van der Waals surface area contributed by atoms with Crippen LogP contribution in [0.4, 0.5) is 0 Å². The number of rotatable bonds is 5. The van der Waals surface area contributed by atoms with E-state index < -0.39 is 0 Å². The molecule has 0 N–H and O–H groups in total. The molecular weight excluding hydrogens is 418 g/mol. The van der Waals surface area contributed by atoms with Crippen molar-refractivity contribution in [2.45, 2.75) is 19.9 Å². The number of nitrogens with zero attached hydrogens (tertiary/aromatic N) is 5. The summed E-state index contributed by atoms with van der Waals surface area (Å²) in [6, 6.07) is 7.25. The number of furan rings is 1. The molecule has 5 aromatic rings. The van der Waals surface area contributed by atoms with Crippen LogP contribution in [0.25, 0.3) is 44.5 Å². The van der Waals surface area contributed by atoms with Crippen LogP contribution in [0.5, 0.6) is 0 Å². The number of ether oxygens (including phenoxy) is 1. The van der Waals surface area contributed by atoms with Gasteiger partial charge in [0, 0.05) is 49.5 Å². The van der Waals surface area contributed by atoms with Gasteiger partial charge in [0.1, 0.15) is 28.1 Å². The van der Waals surface area contributed by atoms with Crippen LogP contribution >= 0.6 is 11.6 Å². The van der Waals surface area contributed by atoms with Gasteiger partial charge >= 0.3 is 5.69 Å². The average molecular weight is 438 g/mol.